The van der Waals surface area contributed by atoms with Crippen LogP contribution in [0.25, 0.3) is 0 Å². The molecular formula is C19H25F2IN4O2S. The fourth-order valence-corrected chi connectivity index (χ4v) is 3.47. The Morgan fingerprint density at radius 3 is 2.38 bits per heavy atom. The average Bonchev–Trinajstić information content (AvgIpc) is 2.63. The lowest BCUT2D eigenvalue weighted by Gasteiger charge is -2.22. The zero-order valence-electron chi connectivity index (χ0n) is 16.4. The van der Waals surface area contributed by atoms with E-state index >= 15 is 0 Å². The van der Waals surface area contributed by atoms with Crippen LogP contribution in [0.15, 0.2) is 47.5 Å². The normalized spacial score (nSPS) is 11.6. The van der Waals surface area contributed by atoms with Gasteiger partial charge in [0.2, 0.25) is 10.0 Å². The summed E-state index contributed by atoms with van der Waals surface area (Å²) < 4.78 is 53.3. The van der Waals surface area contributed by atoms with Gasteiger partial charge in [0, 0.05) is 27.2 Å². The van der Waals surface area contributed by atoms with E-state index in [9.17, 15) is 17.2 Å². The van der Waals surface area contributed by atoms with Crippen molar-refractivity contribution in [2.45, 2.75) is 13.5 Å². The van der Waals surface area contributed by atoms with Crippen LogP contribution < -0.4 is 10.0 Å². The third kappa shape index (κ3) is 8.13. The van der Waals surface area contributed by atoms with E-state index in [1.807, 2.05) is 0 Å². The van der Waals surface area contributed by atoms with Crippen LogP contribution in [0.2, 0.25) is 0 Å². The summed E-state index contributed by atoms with van der Waals surface area (Å²) in [6.07, 6.45) is 0. The van der Waals surface area contributed by atoms with E-state index in [1.54, 1.807) is 38.1 Å². The van der Waals surface area contributed by atoms with Gasteiger partial charge in [0.25, 0.3) is 0 Å². The number of aryl methyl sites for hydroxylation is 1. The van der Waals surface area contributed by atoms with Crippen molar-refractivity contribution in [1.29, 1.82) is 0 Å². The first kappa shape index (κ1) is 25.1. The van der Waals surface area contributed by atoms with Crippen LogP contribution in [0.5, 0.6) is 0 Å². The van der Waals surface area contributed by atoms with Crippen LogP contribution in [0.3, 0.4) is 0 Å². The quantitative estimate of drug-likeness (QED) is 0.323. The second-order valence-electron chi connectivity index (χ2n) is 6.34. The maximum atomic E-state index is 13.6. The molecule has 0 radical (unpaired) electrons. The highest BCUT2D eigenvalue weighted by atomic mass is 127. The number of benzene rings is 2. The third-order valence-corrected chi connectivity index (χ3v) is 5.29. The fourth-order valence-electron chi connectivity index (χ4n) is 2.51. The lowest BCUT2D eigenvalue weighted by atomic mass is 10.2. The minimum atomic E-state index is -3.65. The third-order valence-electron chi connectivity index (χ3n) is 4.01. The van der Waals surface area contributed by atoms with Gasteiger partial charge in [-0.3, -0.25) is 9.71 Å². The van der Waals surface area contributed by atoms with Gasteiger partial charge < -0.3 is 10.2 Å². The standard InChI is InChI=1S/C19H24F2N4O2S.HI/c1-14-4-9-17(12-18(14)21)24-28(26,27)11-10-23-19(22-2)25(3)13-15-5-7-16(20)8-6-15;/h4-9,12,24H,10-11,13H2,1-3H3,(H,22,23);1H. The zero-order chi connectivity index (χ0) is 20.7. The number of halogens is 3. The molecule has 29 heavy (non-hydrogen) atoms. The number of nitrogens with zero attached hydrogens (tertiary/aromatic N) is 2. The number of hydrogen-bond acceptors (Lipinski definition) is 3. The molecule has 0 saturated heterocycles. The lowest BCUT2D eigenvalue weighted by molar-refractivity contribution is 0.478. The molecule has 0 aliphatic rings. The van der Waals surface area contributed by atoms with E-state index in [1.165, 1.54) is 24.3 Å². The molecule has 6 nitrogen and oxygen atoms in total. The van der Waals surface area contributed by atoms with Crippen LogP contribution in [-0.2, 0) is 16.6 Å². The first-order chi connectivity index (χ1) is 13.2. The maximum absolute atomic E-state index is 13.6. The van der Waals surface area contributed by atoms with Crippen LogP contribution in [0, 0.1) is 18.6 Å². The molecule has 0 spiro atoms. The Labute approximate surface area is 187 Å². The Hall–Kier alpha value is -1.95. The first-order valence-electron chi connectivity index (χ1n) is 8.63. The highest BCUT2D eigenvalue weighted by Crippen LogP contribution is 2.15. The molecule has 0 atom stereocenters. The van der Waals surface area contributed by atoms with Gasteiger partial charge >= 0.3 is 0 Å². The van der Waals surface area contributed by atoms with E-state index < -0.39 is 15.8 Å². The predicted molar refractivity (Wildman–Crippen MR) is 123 cm³/mol. The molecule has 0 aliphatic carbocycles. The van der Waals surface area contributed by atoms with Crippen LogP contribution in [-0.4, -0.2) is 45.7 Å². The Bertz CT molecular complexity index is 938. The molecular weight excluding hydrogens is 513 g/mol. The number of guanidine groups is 1. The van der Waals surface area contributed by atoms with Crippen molar-refractivity contribution >= 4 is 45.6 Å². The monoisotopic (exact) mass is 538 g/mol. The number of anilines is 1. The highest BCUT2D eigenvalue weighted by molar-refractivity contribution is 14.0. The number of sulfonamides is 1. The Morgan fingerprint density at radius 1 is 1.14 bits per heavy atom. The van der Waals surface area contributed by atoms with Gasteiger partial charge in [-0.05, 0) is 42.3 Å². The maximum Gasteiger partial charge on any atom is 0.234 e. The molecule has 0 saturated carbocycles. The van der Waals surface area contributed by atoms with Gasteiger partial charge in [-0.2, -0.15) is 0 Å². The van der Waals surface area contributed by atoms with Crippen molar-refractivity contribution in [3.63, 3.8) is 0 Å². The largest absolute Gasteiger partial charge is 0.355 e. The summed E-state index contributed by atoms with van der Waals surface area (Å²) in [7, 11) is -0.271. The summed E-state index contributed by atoms with van der Waals surface area (Å²) in [4.78, 5) is 5.91. The van der Waals surface area contributed by atoms with Crippen molar-refractivity contribution in [3.05, 3.63) is 65.2 Å². The lowest BCUT2D eigenvalue weighted by Crippen LogP contribution is -2.41. The fraction of sp³-hybridized carbons (Fsp3) is 0.316. The number of hydrogen-bond donors (Lipinski definition) is 2. The molecule has 0 aromatic heterocycles. The summed E-state index contributed by atoms with van der Waals surface area (Å²) in [5.74, 6) is -0.492. The number of aliphatic imine (C=N–C) groups is 1. The molecule has 2 N–H and O–H groups in total. The molecule has 0 unspecified atom stereocenters. The topological polar surface area (TPSA) is 73.8 Å². The van der Waals surface area contributed by atoms with Gasteiger partial charge in [0.1, 0.15) is 11.6 Å². The minimum Gasteiger partial charge on any atom is -0.355 e. The van der Waals surface area contributed by atoms with E-state index in [4.69, 9.17) is 0 Å². The van der Waals surface area contributed by atoms with E-state index in [0.29, 0.717) is 18.1 Å². The molecule has 0 aliphatic heterocycles. The molecule has 0 amide bonds. The van der Waals surface area contributed by atoms with Crippen molar-refractivity contribution in [3.8, 4) is 0 Å². The molecule has 0 heterocycles. The van der Waals surface area contributed by atoms with E-state index in [-0.39, 0.29) is 47.8 Å². The molecule has 160 valence electrons. The minimum absolute atomic E-state index is 0. The molecule has 10 heteroatoms. The smallest absolute Gasteiger partial charge is 0.234 e. The Kier molecular flexibility index (Phi) is 9.77. The Balaban J connectivity index is 0.00000420. The van der Waals surface area contributed by atoms with Crippen molar-refractivity contribution in [2.75, 3.05) is 31.1 Å². The molecule has 2 rings (SSSR count). The van der Waals surface area contributed by atoms with Gasteiger partial charge in [-0.1, -0.05) is 18.2 Å². The highest BCUT2D eigenvalue weighted by Gasteiger charge is 2.13. The molecule has 2 aromatic rings. The zero-order valence-corrected chi connectivity index (χ0v) is 19.6. The van der Waals surface area contributed by atoms with E-state index in [0.717, 1.165) is 11.6 Å². The summed E-state index contributed by atoms with van der Waals surface area (Å²) in [6, 6.07) is 10.3. The average molecular weight is 538 g/mol. The summed E-state index contributed by atoms with van der Waals surface area (Å²) in [5, 5.41) is 2.97. The summed E-state index contributed by atoms with van der Waals surface area (Å²) in [5.41, 5.74) is 1.51. The molecule has 0 fully saturated rings. The number of rotatable bonds is 7. The summed E-state index contributed by atoms with van der Waals surface area (Å²) in [6.45, 7) is 2.20. The van der Waals surface area contributed by atoms with Crippen molar-refractivity contribution in [1.82, 2.24) is 10.2 Å². The van der Waals surface area contributed by atoms with Gasteiger partial charge in [0.15, 0.2) is 5.96 Å². The van der Waals surface area contributed by atoms with Crippen molar-refractivity contribution in [2.24, 2.45) is 4.99 Å². The van der Waals surface area contributed by atoms with Crippen LogP contribution >= 0.6 is 24.0 Å². The molecule has 0 bridgehead atoms. The molecule has 2 aromatic carbocycles. The second-order valence-corrected chi connectivity index (χ2v) is 8.18. The van der Waals surface area contributed by atoms with Gasteiger partial charge in [0.05, 0.1) is 11.4 Å². The summed E-state index contributed by atoms with van der Waals surface area (Å²) >= 11 is 0. The predicted octanol–water partition coefficient (Wildman–Crippen LogP) is 3.34. The number of nitrogens with one attached hydrogen (secondary N) is 2. The Morgan fingerprint density at radius 2 is 1.79 bits per heavy atom. The van der Waals surface area contributed by atoms with Crippen LogP contribution in [0.1, 0.15) is 11.1 Å². The SMILES string of the molecule is CN=C(NCCS(=O)(=O)Nc1ccc(C)c(F)c1)N(C)Cc1ccc(F)cc1.I. The van der Waals surface area contributed by atoms with E-state index in [2.05, 4.69) is 15.0 Å². The van der Waals surface area contributed by atoms with Gasteiger partial charge in [-0.15, -0.1) is 24.0 Å². The first-order valence-corrected chi connectivity index (χ1v) is 10.3. The van der Waals surface area contributed by atoms with Crippen molar-refractivity contribution < 1.29 is 17.2 Å². The second kappa shape index (κ2) is 11.3. The van der Waals surface area contributed by atoms with Crippen LogP contribution in [0.4, 0.5) is 14.5 Å². The van der Waals surface area contributed by atoms with Gasteiger partial charge in [-0.25, -0.2) is 17.2 Å².